The van der Waals surface area contributed by atoms with Crippen molar-refractivity contribution < 1.29 is 9.52 Å². The number of nitroso groups, excluding NO2 is 1. The Hall–Kier alpha value is -3.02. The first-order valence-corrected chi connectivity index (χ1v) is 9.78. The lowest BCUT2D eigenvalue weighted by Gasteiger charge is -2.13. The van der Waals surface area contributed by atoms with Crippen LogP contribution in [0.1, 0.15) is 37.1 Å². The first kappa shape index (κ1) is 19.3. The van der Waals surface area contributed by atoms with E-state index in [9.17, 15) is 14.8 Å². The normalized spacial score (nSPS) is 16.9. The molecule has 1 aliphatic rings. The molecule has 4 rings (SSSR count). The number of hydrogen-bond donors (Lipinski definition) is 2. The summed E-state index contributed by atoms with van der Waals surface area (Å²) in [5.74, 6) is 6.76. The molecule has 0 bridgehead atoms. The van der Waals surface area contributed by atoms with Crippen molar-refractivity contribution >= 4 is 22.1 Å². The number of H-pyrrole nitrogens is 1. The van der Waals surface area contributed by atoms with Crippen LogP contribution in [0.4, 0.5) is 0 Å². The van der Waals surface area contributed by atoms with Crippen LogP contribution in [-0.2, 0) is 6.54 Å². The Morgan fingerprint density at radius 3 is 3.07 bits per heavy atom. The molecule has 0 spiro atoms. The third-order valence-corrected chi connectivity index (χ3v) is 5.03. The molecule has 1 atom stereocenters. The number of β-amino-alcohol motifs (C(OH)–C–C–N with tert-alkyl or cyclic N) is 1. The van der Waals surface area contributed by atoms with E-state index < -0.39 is 0 Å². The standard InChI is InChI=1S/C21H22N4O4/c26-15-8-10-25(12-15)13-18-23-19-16-11-14(5-3-1-2-4-9-22-28)6-7-17(16)29-20(19)21(27)24-18/h6-7,11,15,26H,1-2,4,8-10,12-13H2,(H,23,24,27)/t15-/m0/s1. The molecule has 1 fully saturated rings. The number of likely N-dealkylation sites (tertiary alicyclic amines) is 1. The lowest BCUT2D eigenvalue weighted by atomic mass is 10.1. The van der Waals surface area contributed by atoms with Gasteiger partial charge in [-0.2, -0.15) is 4.91 Å². The molecule has 1 aliphatic heterocycles. The van der Waals surface area contributed by atoms with E-state index in [2.05, 4.69) is 31.9 Å². The lowest BCUT2D eigenvalue weighted by Crippen LogP contribution is -2.24. The maximum atomic E-state index is 12.5. The van der Waals surface area contributed by atoms with Gasteiger partial charge in [-0.25, -0.2) is 4.98 Å². The summed E-state index contributed by atoms with van der Waals surface area (Å²) in [5.41, 5.74) is 1.84. The van der Waals surface area contributed by atoms with Crippen molar-refractivity contribution in [2.24, 2.45) is 5.18 Å². The van der Waals surface area contributed by atoms with E-state index in [0.717, 1.165) is 36.8 Å². The van der Waals surface area contributed by atoms with Gasteiger partial charge >= 0.3 is 0 Å². The largest absolute Gasteiger partial charge is 0.449 e. The molecule has 0 saturated carbocycles. The maximum absolute atomic E-state index is 12.5. The van der Waals surface area contributed by atoms with Gasteiger partial charge in [0.25, 0.3) is 5.56 Å². The van der Waals surface area contributed by atoms with Crippen LogP contribution in [0.25, 0.3) is 22.1 Å². The van der Waals surface area contributed by atoms with Crippen molar-refractivity contribution in [3.05, 3.63) is 44.8 Å². The fourth-order valence-corrected chi connectivity index (χ4v) is 3.57. The topological polar surface area (TPSA) is 112 Å². The summed E-state index contributed by atoms with van der Waals surface area (Å²) < 4.78 is 5.70. The number of fused-ring (bicyclic) bond motifs is 3. The second-order valence-corrected chi connectivity index (χ2v) is 7.29. The highest BCUT2D eigenvalue weighted by Crippen LogP contribution is 2.26. The zero-order chi connectivity index (χ0) is 20.2. The van der Waals surface area contributed by atoms with Crippen molar-refractivity contribution in [3.8, 4) is 11.8 Å². The van der Waals surface area contributed by atoms with E-state index >= 15 is 0 Å². The van der Waals surface area contributed by atoms with E-state index in [1.54, 1.807) is 6.07 Å². The van der Waals surface area contributed by atoms with Crippen LogP contribution < -0.4 is 5.56 Å². The first-order chi connectivity index (χ1) is 14.1. The molecular weight excluding hydrogens is 372 g/mol. The summed E-state index contributed by atoms with van der Waals surface area (Å²) in [5, 5.41) is 13.3. The van der Waals surface area contributed by atoms with Gasteiger partial charge in [0, 0.05) is 30.5 Å². The van der Waals surface area contributed by atoms with Crippen molar-refractivity contribution in [2.75, 3.05) is 19.6 Å². The number of unbranched alkanes of at least 4 members (excludes halogenated alkanes) is 2. The van der Waals surface area contributed by atoms with Crippen LogP contribution in [0.3, 0.4) is 0 Å². The minimum Gasteiger partial charge on any atom is -0.449 e. The highest BCUT2D eigenvalue weighted by molar-refractivity contribution is 6.02. The molecule has 8 nitrogen and oxygen atoms in total. The zero-order valence-electron chi connectivity index (χ0n) is 16.0. The van der Waals surface area contributed by atoms with Gasteiger partial charge in [-0.05, 0) is 37.5 Å². The van der Waals surface area contributed by atoms with Gasteiger partial charge in [-0.1, -0.05) is 17.0 Å². The van der Waals surface area contributed by atoms with E-state index in [1.165, 1.54) is 0 Å². The van der Waals surface area contributed by atoms with Crippen LogP contribution >= 0.6 is 0 Å². The quantitative estimate of drug-likeness (QED) is 0.377. The van der Waals surface area contributed by atoms with Crippen LogP contribution in [-0.4, -0.2) is 45.7 Å². The highest BCUT2D eigenvalue weighted by atomic mass is 16.3. The molecular formula is C21H22N4O4. The Morgan fingerprint density at radius 1 is 1.38 bits per heavy atom. The van der Waals surface area contributed by atoms with Crippen molar-refractivity contribution in [2.45, 2.75) is 38.3 Å². The molecule has 2 N–H and O–H groups in total. The molecule has 2 aromatic heterocycles. The number of nitrogens with zero attached hydrogens (tertiary/aromatic N) is 3. The van der Waals surface area contributed by atoms with Crippen molar-refractivity contribution in [1.82, 2.24) is 14.9 Å². The smallest absolute Gasteiger partial charge is 0.294 e. The van der Waals surface area contributed by atoms with Gasteiger partial charge in [0.1, 0.15) is 16.9 Å². The van der Waals surface area contributed by atoms with Gasteiger partial charge in [-0.15, -0.1) is 0 Å². The number of furan rings is 1. The SMILES string of the molecule is O=NCCCCC#Cc1ccc2oc3c(=O)[nH]c(CN4CC[C@H](O)C4)nc3c2c1. The van der Waals surface area contributed by atoms with E-state index in [4.69, 9.17) is 4.42 Å². The highest BCUT2D eigenvalue weighted by Gasteiger charge is 2.22. The van der Waals surface area contributed by atoms with Crippen LogP contribution in [0.15, 0.2) is 32.6 Å². The third kappa shape index (κ3) is 4.36. The summed E-state index contributed by atoms with van der Waals surface area (Å²) in [6.45, 7) is 2.16. The monoisotopic (exact) mass is 394 g/mol. The number of aromatic amines is 1. The molecule has 0 aliphatic carbocycles. The Bertz CT molecular complexity index is 1150. The Morgan fingerprint density at radius 2 is 2.28 bits per heavy atom. The molecule has 3 heterocycles. The second kappa shape index (κ2) is 8.55. The average molecular weight is 394 g/mol. The van der Waals surface area contributed by atoms with Gasteiger partial charge in [0.05, 0.1) is 19.2 Å². The number of nitrogens with one attached hydrogen (secondary N) is 1. The number of hydrogen-bond acceptors (Lipinski definition) is 7. The molecule has 0 radical (unpaired) electrons. The number of aromatic nitrogens is 2. The number of benzene rings is 1. The van der Waals surface area contributed by atoms with Gasteiger partial charge in [0.15, 0.2) is 0 Å². The minimum atomic E-state index is -0.323. The second-order valence-electron chi connectivity index (χ2n) is 7.29. The number of rotatable bonds is 6. The van der Waals surface area contributed by atoms with Crippen molar-refractivity contribution in [1.29, 1.82) is 0 Å². The summed E-state index contributed by atoms with van der Waals surface area (Å²) in [6, 6.07) is 5.54. The number of aliphatic hydroxyl groups excluding tert-OH is 1. The predicted octanol–water partition coefficient (Wildman–Crippen LogP) is 2.52. The molecule has 0 unspecified atom stereocenters. The van der Waals surface area contributed by atoms with E-state index in [1.807, 2.05) is 12.1 Å². The molecule has 8 heteroatoms. The minimum absolute atomic E-state index is 0.205. The maximum Gasteiger partial charge on any atom is 0.294 e. The van der Waals surface area contributed by atoms with Gasteiger partial charge in [-0.3, -0.25) is 9.69 Å². The molecule has 0 amide bonds. The van der Waals surface area contributed by atoms with Crippen LogP contribution in [0.2, 0.25) is 0 Å². The summed E-state index contributed by atoms with van der Waals surface area (Å²) in [6.07, 6.45) is 2.68. The van der Waals surface area contributed by atoms with Crippen molar-refractivity contribution in [3.63, 3.8) is 0 Å². The third-order valence-electron chi connectivity index (χ3n) is 5.03. The predicted molar refractivity (Wildman–Crippen MR) is 109 cm³/mol. The van der Waals surface area contributed by atoms with E-state index in [0.29, 0.717) is 43.0 Å². The Balaban J connectivity index is 1.61. The fraction of sp³-hybridized carbons (Fsp3) is 0.429. The van der Waals surface area contributed by atoms with Gasteiger partial charge in [0.2, 0.25) is 5.58 Å². The molecule has 1 aromatic carbocycles. The fourth-order valence-electron chi connectivity index (χ4n) is 3.57. The Kier molecular flexibility index (Phi) is 5.69. The van der Waals surface area contributed by atoms with Crippen LogP contribution in [0.5, 0.6) is 0 Å². The number of aliphatic hydroxyl groups is 1. The van der Waals surface area contributed by atoms with Crippen LogP contribution in [0, 0.1) is 16.7 Å². The summed E-state index contributed by atoms with van der Waals surface area (Å²) >= 11 is 0. The summed E-state index contributed by atoms with van der Waals surface area (Å²) in [4.78, 5) is 32.0. The van der Waals surface area contributed by atoms with E-state index in [-0.39, 0.29) is 17.2 Å². The summed E-state index contributed by atoms with van der Waals surface area (Å²) in [7, 11) is 0. The molecule has 29 heavy (non-hydrogen) atoms. The molecule has 150 valence electrons. The Labute approximate surface area is 166 Å². The molecule has 3 aromatic rings. The zero-order valence-corrected chi connectivity index (χ0v) is 16.0. The average Bonchev–Trinajstić information content (AvgIpc) is 3.28. The molecule has 1 saturated heterocycles. The lowest BCUT2D eigenvalue weighted by molar-refractivity contribution is 0.174. The van der Waals surface area contributed by atoms with Gasteiger partial charge < -0.3 is 14.5 Å². The first-order valence-electron chi connectivity index (χ1n) is 9.78.